The summed E-state index contributed by atoms with van der Waals surface area (Å²) in [5, 5.41) is 0.334. The number of rotatable bonds is 10. The van der Waals surface area contributed by atoms with Crippen LogP contribution in [0, 0.1) is 17.5 Å². The first kappa shape index (κ1) is 26.4. The third-order valence-electron chi connectivity index (χ3n) is 5.36. The molecule has 0 saturated heterocycles. The number of thioether (sulfide) groups is 1. The first-order valence-electron chi connectivity index (χ1n) is 10.8. The number of aryl methyl sites for hydroxylation is 1. The van der Waals surface area contributed by atoms with E-state index < -0.39 is 39.2 Å². The Kier molecular flexibility index (Phi) is 8.95. The molecule has 0 bridgehead atoms. The minimum absolute atomic E-state index is 0.129. The van der Waals surface area contributed by atoms with Crippen molar-refractivity contribution in [2.75, 3.05) is 15.8 Å². The number of hydrogen-bond donors (Lipinski definition) is 0. The maximum atomic E-state index is 14.9. The topological polar surface area (TPSA) is 37.4 Å². The smallest absolute Gasteiger partial charge is 0.256 e. The maximum Gasteiger partial charge on any atom is 0.264 e. The van der Waals surface area contributed by atoms with Crippen LogP contribution < -0.4 is 4.31 Å². The van der Waals surface area contributed by atoms with Gasteiger partial charge in [-0.25, -0.2) is 21.6 Å². The van der Waals surface area contributed by atoms with Gasteiger partial charge >= 0.3 is 0 Å². The molecule has 0 aliphatic carbocycles. The Labute approximate surface area is 208 Å². The molecule has 3 aromatic rings. The maximum absolute atomic E-state index is 14.9. The first-order chi connectivity index (χ1) is 16.1. The van der Waals surface area contributed by atoms with E-state index >= 15 is 0 Å². The van der Waals surface area contributed by atoms with Gasteiger partial charge in [0.25, 0.3) is 10.0 Å². The number of sulfonamides is 1. The van der Waals surface area contributed by atoms with E-state index in [0.29, 0.717) is 22.6 Å². The highest BCUT2D eigenvalue weighted by Gasteiger charge is 2.33. The van der Waals surface area contributed by atoms with Gasteiger partial charge in [-0.05, 0) is 90.9 Å². The van der Waals surface area contributed by atoms with Crippen molar-refractivity contribution < 1.29 is 21.6 Å². The molecular weight excluding hydrogens is 503 g/mol. The van der Waals surface area contributed by atoms with Gasteiger partial charge < -0.3 is 0 Å². The lowest BCUT2D eigenvalue weighted by molar-refractivity contribution is 0.569. The largest absolute Gasteiger partial charge is 0.264 e. The minimum atomic E-state index is -4.34. The monoisotopic (exact) mass is 527 g/mol. The van der Waals surface area contributed by atoms with Gasteiger partial charge in [0.2, 0.25) is 0 Å². The molecule has 0 saturated carbocycles. The molecule has 1 atom stereocenters. The predicted molar refractivity (Wildman–Crippen MR) is 134 cm³/mol. The molecule has 182 valence electrons. The van der Waals surface area contributed by atoms with Gasteiger partial charge in [0.15, 0.2) is 0 Å². The fraction of sp³-hybridized carbons (Fsp3) is 0.280. The summed E-state index contributed by atoms with van der Waals surface area (Å²) >= 11 is 7.67. The molecule has 9 heteroatoms. The van der Waals surface area contributed by atoms with E-state index in [1.54, 1.807) is 18.7 Å². The molecule has 34 heavy (non-hydrogen) atoms. The lowest BCUT2D eigenvalue weighted by atomic mass is 9.97. The van der Waals surface area contributed by atoms with E-state index in [9.17, 15) is 21.6 Å². The summed E-state index contributed by atoms with van der Waals surface area (Å²) in [5.41, 5.74) is 0.709. The van der Waals surface area contributed by atoms with E-state index in [1.807, 2.05) is 6.92 Å². The molecule has 0 spiro atoms. The van der Waals surface area contributed by atoms with Crippen molar-refractivity contribution in [3.63, 3.8) is 0 Å². The minimum Gasteiger partial charge on any atom is -0.256 e. The van der Waals surface area contributed by atoms with Crippen LogP contribution in [0.25, 0.3) is 0 Å². The normalized spacial score (nSPS) is 12.5. The summed E-state index contributed by atoms with van der Waals surface area (Å²) in [5.74, 6) is -0.299. The summed E-state index contributed by atoms with van der Waals surface area (Å²) < 4.78 is 71.4. The van der Waals surface area contributed by atoms with Crippen LogP contribution in [-0.2, 0) is 16.4 Å². The molecule has 3 nitrogen and oxygen atoms in total. The number of anilines is 1. The van der Waals surface area contributed by atoms with Crippen molar-refractivity contribution in [3.05, 3.63) is 94.3 Å². The second-order valence-electron chi connectivity index (χ2n) is 7.67. The number of benzene rings is 3. The SMILES string of the molecule is CCSCCCc1cc(F)ccc1C(C)N(c1cc(F)ccc1F)S(=O)(=O)c1ccc(Cl)cc1. The molecule has 0 heterocycles. The lowest BCUT2D eigenvalue weighted by Gasteiger charge is -2.32. The van der Waals surface area contributed by atoms with Crippen LogP contribution in [0.5, 0.6) is 0 Å². The van der Waals surface area contributed by atoms with Gasteiger partial charge in [-0.3, -0.25) is 4.31 Å². The zero-order valence-corrected chi connectivity index (χ0v) is 21.2. The Bertz CT molecular complexity index is 1240. The van der Waals surface area contributed by atoms with Gasteiger partial charge in [0, 0.05) is 11.1 Å². The fourth-order valence-electron chi connectivity index (χ4n) is 3.75. The molecular formula is C25H25ClF3NO2S2. The van der Waals surface area contributed by atoms with Crippen molar-refractivity contribution in [2.24, 2.45) is 0 Å². The molecule has 0 aromatic heterocycles. The summed E-state index contributed by atoms with van der Waals surface area (Å²) in [6.07, 6.45) is 1.28. The van der Waals surface area contributed by atoms with Gasteiger partial charge in [-0.1, -0.05) is 24.6 Å². The molecule has 0 aliphatic rings. The van der Waals surface area contributed by atoms with Crippen LogP contribution in [-0.4, -0.2) is 19.9 Å². The zero-order chi connectivity index (χ0) is 24.9. The Hall–Kier alpha value is -2.16. The first-order valence-corrected chi connectivity index (χ1v) is 13.7. The Morgan fingerprint density at radius 2 is 1.62 bits per heavy atom. The highest BCUT2D eigenvalue weighted by Crippen LogP contribution is 2.37. The molecule has 3 rings (SSSR count). The summed E-state index contributed by atoms with van der Waals surface area (Å²) in [4.78, 5) is -0.129. The van der Waals surface area contributed by atoms with Crippen molar-refractivity contribution >= 4 is 39.1 Å². The molecule has 3 aromatic carbocycles. The highest BCUT2D eigenvalue weighted by atomic mass is 35.5. The van der Waals surface area contributed by atoms with Crippen LogP contribution in [0.3, 0.4) is 0 Å². The summed E-state index contributed by atoms with van der Waals surface area (Å²) in [6.45, 7) is 3.63. The highest BCUT2D eigenvalue weighted by molar-refractivity contribution is 7.99. The average molecular weight is 528 g/mol. The van der Waals surface area contributed by atoms with E-state index in [1.165, 1.54) is 42.5 Å². The number of hydrogen-bond acceptors (Lipinski definition) is 3. The van der Waals surface area contributed by atoms with Gasteiger partial charge in [-0.15, -0.1) is 0 Å². The zero-order valence-electron chi connectivity index (χ0n) is 18.8. The quantitative estimate of drug-likeness (QED) is 0.258. The van der Waals surface area contributed by atoms with Gasteiger partial charge in [-0.2, -0.15) is 11.8 Å². The number of halogens is 4. The summed E-state index contributed by atoms with van der Waals surface area (Å²) in [6, 6.07) is 11.3. The molecule has 0 fully saturated rings. The average Bonchev–Trinajstić information content (AvgIpc) is 2.79. The Balaban J connectivity index is 2.14. The van der Waals surface area contributed by atoms with E-state index in [4.69, 9.17) is 11.6 Å². The van der Waals surface area contributed by atoms with Crippen molar-refractivity contribution in [2.45, 2.75) is 37.6 Å². The molecule has 1 unspecified atom stereocenters. The van der Waals surface area contributed by atoms with Gasteiger partial charge in [0.05, 0.1) is 16.6 Å². The van der Waals surface area contributed by atoms with E-state index in [0.717, 1.165) is 40.4 Å². The van der Waals surface area contributed by atoms with Crippen molar-refractivity contribution in [3.8, 4) is 0 Å². The van der Waals surface area contributed by atoms with E-state index in [2.05, 4.69) is 0 Å². The third kappa shape index (κ3) is 6.09. The van der Waals surface area contributed by atoms with Crippen LogP contribution in [0.4, 0.5) is 18.9 Å². The van der Waals surface area contributed by atoms with Gasteiger partial charge in [0.1, 0.15) is 17.5 Å². The number of nitrogens with zero attached hydrogens (tertiary/aromatic N) is 1. The van der Waals surface area contributed by atoms with Crippen LogP contribution in [0.2, 0.25) is 5.02 Å². The molecule has 0 amide bonds. The lowest BCUT2D eigenvalue weighted by Crippen LogP contribution is -2.35. The van der Waals surface area contributed by atoms with Crippen molar-refractivity contribution in [1.82, 2.24) is 0 Å². The van der Waals surface area contributed by atoms with Crippen LogP contribution in [0.15, 0.2) is 65.6 Å². The summed E-state index contributed by atoms with van der Waals surface area (Å²) in [7, 11) is -4.34. The molecule has 0 radical (unpaired) electrons. The van der Waals surface area contributed by atoms with Crippen LogP contribution in [0.1, 0.15) is 37.4 Å². The standard InChI is InChI=1S/C25H25ClF3NO2S2/c1-3-33-14-4-5-18-15-20(27)8-12-23(18)17(2)30(25-16-21(28)9-13-24(25)29)34(31,32)22-10-6-19(26)7-11-22/h6-13,15-17H,3-5,14H2,1-2H3. The Morgan fingerprint density at radius 1 is 0.971 bits per heavy atom. The van der Waals surface area contributed by atoms with Crippen LogP contribution >= 0.6 is 23.4 Å². The molecule has 0 N–H and O–H groups in total. The second-order valence-corrected chi connectivity index (χ2v) is 11.3. The van der Waals surface area contributed by atoms with Crippen molar-refractivity contribution in [1.29, 1.82) is 0 Å². The second kappa shape index (κ2) is 11.5. The fourth-order valence-corrected chi connectivity index (χ4v) is 6.15. The Morgan fingerprint density at radius 3 is 2.29 bits per heavy atom. The van der Waals surface area contributed by atoms with E-state index in [-0.39, 0.29) is 4.90 Å². The predicted octanol–water partition coefficient (Wildman–Crippen LogP) is 7.40. The third-order valence-corrected chi connectivity index (χ3v) is 8.50. The molecule has 0 aliphatic heterocycles.